The smallest absolute Gasteiger partial charge is 0.220 e. The predicted octanol–water partition coefficient (Wildman–Crippen LogP) is 2.43. The standard InChI is InChI=1S/C16H19NO3/c1-19-14-7-6-11(12-9-16(18)17-10-12)8-15(14)20-13-4-2-3-5-13/h2,6-8,12-13H,3-5,9-10H2,1H3/p+1. The monoisotopic (exact) mass is 274 g/mol. The summed E-state index contributed by atoms with van der Waals surface area (Å²) in [6, 6.07) is 5.99. The molecule has 4 heteroatoms. The number of methoxy groups -OCH3 is 1. The summed E-state index contributed by atoms with van der Waals surface area (Å²) in [5.74, 6) is 1.92. The molecule has 1 N–H and O–H groups in total. The average Bonchev–Trinajstić information content (AvgIpc) is 3.10. The maximum absolute atomic E-state index is 11.3. The van der Waals surface area contributed by atoms with Crippen LogP contribution in [0.1, 0.15) is 37.2 Å². The molecule has 1 heterocycles. The van der Waals surface area contributed by atoms with Crippen LogP contribution in [0.4, 0.5) is 0 Å². The second-order valence-corrected chi connectivity index (χ2v) is 5.46. The van der Waals surface area contributed by atoms with Gasteiger partial charge in [-0.25, -0.2) is 0 Å². The minimum absolute atomic E-state index is 0.124. The van der Waals surface area contributed by atoms with Crippen LogP contribution in [-0.2, 0) is 4.79 Å². The van der Waals surface area contributed by atoms with E-state index in [1.807, 2.05) is 18.2 Å². The molecule has 1 aromatic rings. The zero-order valence-corrected chi connectivity index (χ0v) is 11.7. The first kappa shape index (κ1) is 13.2. The van der Waals surface area contributed by atoms with Gasteiger partial charge in [-0.3, -0.25) is 4.79 Å². The van der Waals surface area contributed by atoms with Gasteiger partial charge in [-0.2, -0.15) is 0 Å². The molecular formula is C16H20NO3+. The third-order valence-electron chi connectivity index (χ3n) is 4.05. The van der Waals surface area contributed by atoms with Gasteiger partial charge < -0.3 is 14.8 Å². The highest BCUT2D eigenvalue weighted by atomic mass is 16.5. The van der Waals surface area contributed by atoms with Crippen molar-refractivity contribution < 1.29 is 14.3 Å². The van der Waals surface area contributed by atoms with E-state index < -0.39 is 0 Å². The number of amides is 1. The molecule has 2 atom stereocenters. The van der Waals surface area contributed by atoms with Crippen molar-refractivity contribution in [2.45, 2.75) is 37.7 Å². The lowest BCUT2D eigenvalue weighted by atomic mass is 9.98. The van der Waals surface area contributed by atoms with Crippen molar-refractivity contribution in [2.75, 3.05) is 13.7 Å². The van der Waals surface area contributed by atoms with Gasteiger partial charge in [-0.15, -0.1) is 0 Å². The van der Waals surface area contributed by atoms with Gasteiger partial charge in [0.2, 0.25) is 5.91 Å². The summed E-state index contributed by atoms with van der Waals surface area (Å²) in [6.07, 6.45) is 6.26. The molecule has 1 saturated carbocycles. The molecule has 20 heavy (non-hydrogen) atoms. The van der Waals surface area contributed by atoms with Crippen molar-refractivity contribution in [1.82, 2.24) is 5.32 Å². The van der Waals surface area contributed by atoms with Crippen molar-refractivity contribution in [3.05, 3.63) is 30.2 Å². The number of hydrogen-bond acceptors (Lipinski definition) is 3. The number of benzene rings is 1. The zero-order valence-electron chi connectivity index (χ0n) is 11.7. The van der Waals surface area contributed by atoms with E-state index in [9.17, 15) is 4.79 Å². The Balaban J connectivity index is 1.80. The number of rotatable bonds is 4. The second kappa shape index (κ2) is 5.65. The van der Waals surface area contributed by atoms with Gasteiger partial charge in [0.25, 0.3) is 0 Å². The number of nitrogens with one attached hydrogen (secondary N) is 1. The fourth-order valence-electron chi connectivity index (χ4n) is 2.89. The van der Waals surface area contributed by atoms with Crippen molar-refractivity contribution in [3.63, 3.8) is 0 Å². The first-order valence-electron chi connectivity index (χ1n) is 7.19. The van der Waals surface area contributed by atoms with E-state index in [4.69, 9.17) is 9.47 Å². The van der Waals surface area contributed by atoms with Crippen LogP contribution in [0.25, 0.3) is 0 Å². The highest BCUT2D eigenvalue weighted by Gasteiger charge is 2.27. The van der Waals surface area contributed by atoms with E-state index >= 15 is 0 Å². The Morgan fingerprint density at radius 1 is 1.35 bits per heavy atom. The quantitative estimate of drug-likeness (QED) is 0.858. The minimum atomic E-state index is 0.124. The topological polar surface area (TPSA) is 47.6 Å². The molecule has 4 nitrogen and oxygen atoms in total. The summed E-state index contributed by atoms with van der Waals surface area (Å²) in [6.45, 7) is 0.710. The van der Waals surface area contributed by atoms with Crippen LogP contribution in [0.2, 0.25) is 0 Å². The summed E-state index contributed by atoms with van der Waals surface area (Å²) in [5.41, 5.74) is 1.14. The molecule has 1 saturated heterocycles. The summed E-state index contributed by atoms with van der Waals surface area (Å²) < 4.78 is 11.4. The molecule has 0 spiro atoms. The Morgan fingerprint density at radius 2 is 2.25 bits per heavy atom. The van der Waals surface area contributed by atoms with E-state index in [1.165, 1.54) is 0 Å². The third-order valence-corrected chi connectivity index (χ3v) is 4.05. The molecule has 2 fully saturated rings. The van der Waals surface area contributed by atoms with Crippen LogP contribution >= 0.6 is 0 Å². The van der Waals surface area contributed by atoms with Crippen LogP contribution in [0, 0.1) is 6.42 Å². The predicted molar refractivity (Wildman–Crippen MR) is 75.9 cm³/mol. The first-order valence-corrected chi connectivity index (χ1v) is 7.19. The zero-order chi connectivity index (χ0) is 13.9. The van der Waals surface area contributed by atoms with Gasteiger partial charge in [-0.1, -0.05) is 6.07 Å². The summed E-state index contributed by atoms with van der Waals surface area (Å²) >= 11 is 0. The van der Waals surface area contributed by atoms with Crippen LogP contribution in [0.15, 0.2) is 18.2 Å². The van der Waals surface area contributed by atoms with Gasteiger partial charge in [0.05, 0.1) is 20.0 Å². The van der Waals surface area contributed by atoms with Crippen molar-refractivity contribution in [3.8, 4) is 11.5 Å². The van der Waals surface area contributed by atoms with Crippen molar-refractivity contribution in [2.24, 2.45) is 0 Å². The average molecular weight is 274 g/mol. The Hall–Kier alpha value is -1.84. The molecule has 1 aromatic carbocycles. The molecule has 1 aliphatic carbocycles. The van der Waals surface area contributed by atoms with Crippen molar-refractivity contribution >= 4 is 5.91 Å². The summed E-state index contributed by atoms with van der Waals surface area (Å²) in [4.78, 5) is 11.3. The third kappa shape index (κ3) is 2.69. The number of hydrogen-bond donors (Lipinski definition) is 1. The summed E-state index contributed by atoms with van der Waals surface area (Å²) in [7, 11) is 1.66. The number of carbonyl (C=O) groups is 1. The molecule has 0 bridgehead atoms. The maximum atomic E-state index is 11.3. The van der Waals surface area contributed by atoms with E-state index in [0.29, 0.717) is 13.0 Å². The molecule has 106 valence electrons. The van der Waals surface area contributed by atoms with Crippen molar-refractivity contribution in [1.29, 1.82) is 0 Å². The van der Waals surface area contributed by atoms with E-state index in [0.717, 1.165) is 36.3 Å². The van der Waals surface area contributed by atoms with Gasteiger partial charge in [0.15, 0.2) is 11.5 Å². The lowest BCUT2D eigenvalue weighted by Crippen LogP contribution is -2.14. The first-order chi connectivity index (χ1) is 9.76. The van der Waals surface area contributed by atoms with E-state index in [2.05, 4.69) is 11.7 Å². The highest BCUT2D eigenvalue weighted by Crippen LogP contribution is 2.35. The molecule has 2 unspecified atom stereocenters. The van der Waals surface area contributed by atoms with Gasteiger partial charge in [-0.05, 0) is 17.7 Å². The molecule has 1 aliphatic heterocycles. The molecule has 1 amide bonds. The van der Waals surface area contributed by atoms with Crippen LogP contribution in [0.3, 0.4) is 0 Å². The SMILES string of the molecule is COc1ccc(C2CNC(=O)C2)cc1OC1C[CH+]CC1. The Bertz CT molecular complexity index is 494. The largest absolute Gasteiger partial charge is 0.493 e. The minimum Gasteiger partial charge on any atom is -0.493 e. The second-order valence-electron chi connectivity index (χ2n) is 5.46. The van der Waals surface area contributed by atoms with Crippen LogP contribution in [0.5, 0.6) is 11.5 Å². The lowest BCUT2D eigenvalue weighted by Gasteiger charge is -2.16. The molecule has 0 aromatic heterocycles. The fraction of sp³-hybridized carbons (Fsp3) is 0.500. The highest BCUT2D eigenvalue weighted by molar-refractivity contribution is 5.79. The normalized spacial score (nSPS) is 25.1. The summed E-state index contributed by atoms with van der Waals surface area (Å²) in [5, 5.41) is 2.87. The Morgan fingerprint density at radius 3 is 2.90 bits per heavy atom. The lowest BCUT2D eigenvalue weighted by molar-refractivity contribution is -0.119. The van der Waals surface area contributed by atoms with Gasteiger partial charge in [0.1, 0.15) is 12.5 Å². The number of ether oxygens (including phenoxy) is 2. The van der Waals surface area contributed by atoms with Gasteiger partial charge >= 0.3 is 0 Å². The van der Waals surface area contributed by atoms with E-state index in [-0.39, 0.29) is 17.9 Å². The van der Waals surface area contributed by atoms with Crippen LogP contribution < -0.4 is 14.8 Å². The molecular weight excluding hydrogens is 254 g/mol. The van der Waals surface area contributed by atoms with Gasteiger partial charge in [0, 0.05) is 25.3 Å². The molecule has 2 aliphatic rings. The fourth-order valence-corrected chi connectivity index (χ4v) is 2.89. The van der Waals surface area contributed by atoms with Crippen LogP contribution in [-0.4, -0.2) is 25.7 Å². The Labute approximate surface area is 119 Å². The Kier molecular flexibility index (Phi) is 3.72. The van der Waals surface area contributed by atoms with E-state index in [1.54, 1.807) is 7.11 Å². The number of carbonyl (C=O) groups excluding carboxylic acids is 1. The maximum Gasteiger partial charge on any atom is 0.220 e. The molecule has 0 radical (unpaired) electrons. The molecule has 3 rings (SSSR count).